The van der Waals surface area contributed by atoms with Crippen LogP contribution in [0.25, 0.3) is 0 Å². The maximum Gasteiger partial charge on any atom is 0.229 e. The number of aromatic nitrogens is 2. The summed E-state index contributed by atoms with van der Waals surface area (Å²) in [6.45, 7) is 1.87. The maximum absolute atomic E-state index is 10.4. The molecule has 0 aliphatic carbocycles. The van der Waals surface area contributed by atoms with Gasteiger partial charge in [-0.05, 0) is 6.92 Å². The van der Waals surface area contributed by atoms with E-state index in [1.54, 1.807) is 4.68 Å². The molecule has 0 aromatic carbocycles. The molecule has 0 saturated heterocycles. The molecule has 1 aromatic rings. The minimum Gasteiger partial charge on any atom is -0.369 e. The lowest BCUT2D eigenvalue weighted by molar-refractivity contribution is -0.117. The highest BCUT2D eigenvalue weighted by atomic mass is 16.1. The normalized spacial score (nSPS) is 9.08. The standard InChI is InChI=1S/C9H11N3O/c1-7-8(6-12(2)11-7)4-3-5-9(10)13/h6H,5H2,1-2H3,(H2,10,13). The summed E-state index contributed by atoms with van der Waals surface area (Å²) in [6.07, 6.45) is 1.90. The quantitative estimate of drug-likeness (QED) is 0.611. The van der Waals surface area contributed by atoms with Crippen LogP contribution in [0.3, 0.4) is 0 Å². The summed E-state index contributed by atoms with van der Waals surface area (Å²) in [5, 5.41) is 4.11. The van der Waals surface area contributed by atoms with Gasteiger partial charge in [0.1, 0.15) is 0 Å². The predicted molar refractivity (Wildman–Crippen MR) is 48.6 cm³/mol. The summed E-state index contributed by atoms with van der Waals surface area (Å²) in [6, 6.07) is 0. The molecule has 1 rings (SSSR count). The Labute approximate surface area is 76.7 Å². The van der Waals surface area contributed by atoms with Crippen molar-refractivity contribution < 1.29 is 4.79 Å². The van der Waals surface area contributed by atoms with Gasteiger partial charge in [-0.1, -0.05) is 11.8 Å². The third-order valence-electron chi connectivity index (χ3n) is 1.50. The summed E-state index contributed by atoms with van der Waals surface area (Å²) in [4.78, 5) is 10.4. The van der Waals surface area contributed by atoms with Gasteiger partial charge in [0.15, 0.2) is 0 Å². The lowest BCUT2D eigenvalue weighted by Gasteiger charge is -1.81. The molecule has 0 unspecified atom stereocenters. The van der Waals surface area contributed by atoms with Crippen LogP contribution in [0.4, 0.5) is 0 Å². The van der Waals surface area contributed by atoms with Crippen LogP contribution >= 0.6 is 0 Å². The lowest BCUT2D eigenvalue weighted by Crippen LogP contribution is -2.08. The van der Waals surface area contributed by atoms with Crippen molar-refractivity contribution >= 4 is 5.91 Å². The van der Waals surface area contributed by atoms with E-state index in [1.165, 1.54) is 0 Å². The number of carbonyl (C=O) groups is 1. The van der Waals surface area contributed by atoms with E-state index in [0.29, 0.717) is 0 Å². The molecule has 4 nitrogen and oxygen atoms in total. The van der Waals surface area contributed by atoms with Gasteiger partial charge in [-0.2, -0.15) is 5.10 Å². The highest BCUT2D eigenvalue weighted by Crippen LogP contribution is 2.01. The smallest absolute Gasteiger partial charge is 0.229 e. The first-order valence-corrected chi connectivity index (χ1v) is 3.87. The van der Waals surface area contributed by atoms with Crippen LogP contribution in [0.15, 0.2) is 6.20 Å². The Hall–Kier alpha value is -1.76. The zero-order valence-corrected chi connectivity index (χ0v) is 7.66. The number of nitrogens with two attached hydrogens (primary N) is 1. The highest BCUT2D eigenvalue weighted by Gasteiger charge is 1.97. The van der Waals surface area contributed by atoms with Crippen LogP contribution in [0, 0.1) is 18.8 Å². The molecule has 0 aliphatic heterocycles. The summed E-state index contributed by atoms with van der Waals surface area (Å²) in [5.74, 6) is 5.10. The Bertz CT molecular complexity index is 381. The lowest BCUT2D eigenvalue weighted by atomic mass is 10.2. The van der Waals surface area contributed by atoms with Crippen molar-refractivity contribution in [2.75, 3.05) is 0 Å². The van der Waals surface area contributed by atoms with Gasteiger partial charge in [-0.25, -0.2) is 0 Å². The van der Waals surface area contributed by atoms with Crippen molar-refractivity contribution in [3.63, 3.8) is 0 Å². The summed E-state index contributed by atoms with van der Waals surface area (Å²) < 4.78 is 1.68. The molecule has 1 aromatic heterocycles. The van der Waals surface area contributed by atoms with Crippen LogP contribution in [-0.4, -0.2) is 15.7 Å². The summed E-state index contributed by atoms with van der Waals surface area (Å²) >= 11 is 0. The van der Waals surface area contributed by atoms with Crippen molar-refractivity contribution in [1.29, 1.82) is 0 Å². The van der Waals surface area contributed by atoms with Gasteiger partial charge in [0.05, 0.1) is 17.7 Å². The van der Waals surface area contributed by atoms with Crippen LogP contribution in [0.2, 0.25) is 0 Å². The van der Waals surface area contributed by atoms with Gasteiger partial charge in [0, 0.05) is 13.2 Å². The molecule has 0 saturated carbocycles. The van der Waals surface area contributed by atoms with Gasteiger partial charge in [-0.15, -0.1) is 0 Å². The number of amides is 1. The maximum atomic E-state index is 10.4. The first-order chi connectivity index (χ1) is 6.09. The molecule has 1 heterocycles. The van der Waals surface area contributed by atoms with Crippen molar-refractivity contribution in [1.82, 2.24) is 9.78 Å². The minimum absolute atomic E-state index is 0.0916. The molecular weight excluding hydrogens is 166 g/mol. The average molecular weight is 177 g/mol. The Balaban J connectivity index is 2.77. The van der Waals surface area contributed by atoms with Crippen molar-refractivity contribution in [3.8, 4) is 11.8 Å². The van der Waals surface area contributed by atoms with Gasteiger partial charge in [-0.3, -0.25) is 9.48 Å². The Morgan fingerprint density at radius 2 is 2.46 bits per heavy atom. The predicted octanol–water partition coefficient (Wildman–Crippen LogP) is -0.0446. The second kappa shape index (κ2) is 3.76. The largest absolute Gasteiger partial charge is 0.369 e. The third kappa shape index (κ3) is 2.64. The number of rotatable bonds is 1. The van der Waals surface area contributed by atoms with E-state index in [9.17, 15) is 4.79 Å². The molecule has 0 atom stereocenters. The fourth-order valence-corrected chi connectivity index (χ4v) is 0.949. The van der Waals surface area contributed by atoms with E-state index in [-0.39, 0.29) is 6.42 Å². The average Bonchev–Trinajstić information content (AvgIpc) is 2.29. The zero-order chi connectivity index (χ0) is 9.84. The fourth-order valence-electron chi connectivity index (χ4n) is 0.949. The zero-order valence-electron chi connectivity index (χ0n) is 7.66. The first kappa shape index (κ1) is 9.33. The molecule has 0 spiro atoms. The third-order valence-corrected chi connectivity index (χ3v) is 1.50. The molecule has 0 bridgehead atoms. The van der Waals surface area contributed by atoms with E-state index in [0.717, 1.165) is 11.3 Å². The van der Waals surface area contributed by atoms with Gasteiger partial charge >= 0.3 is 0 Å². The monoisotopic (exact) mass is 177 g/mol. The second-order valence-corrected chi connectivity index (χ2v) is 2.75. The van der Waals surface area contributed by atoms with Gasteiger partial charge < -0.3 is 5.73 Å². The Morgan fingerprint density at radius 1 is 1.77 bits per heavy atom. The molecule has 4 heteroatoms. The van der Waals surface area contributed by atoms with Crippen molar-refractivity contribution in [3.05, 3.63) is 17.5 Å². The van der Waals surface area contributed by atoms with Crippen LogP contribution in [0.5, 0.6) is 0 Å². The van der Waals surface area contributed by atoms with Crippen molar-refractivity contribution in [2.24, 2.45) is 12.8 Å². The number of primary amides is 1. The van der Waals surface area contributed by atoms with Crippen molar-refractivity contribution in [2.45, 2.75) is 13.3 Å². The van der Waals surface area contributed by atoms with Crippen LogP contribution in [0.1, 0.15) is 17.7 Å². The first-order valence-electron chi connectivity index (χ1n) is 3.87. The SMILES string of the molecule is Cc1nn(C)cc1C#CCC(N)=O. The Kier molecular flexibility index (Phi) is 2.70. The molecular formula is C9H11N3O. The van der Waals surface area contributed by atoms with E-state index in [4.69, 9.17) is 5.73 Å². The fraction of sp³-hybridized carbons (Fsp3) is 0.333. The van der Waals surface area contributed by atoms with E-state index >= 15 is 0 Å². The Morgan fingerprint density at radius 3 is 2.92 bits per heavy atom. The van der Waals surface area contributed by atoms with E-state index < -0.39 is 5.91 Å². The molecule has 2 N–H and O–H groups in total. The number of carbonyl (C=O) groups excluding carboxylic acids is 1. The number of hydrogen-bond donors (Lipinski definition) is 1. The molecule has 0 fully saturated rings. The molecule has 68 valence electrons. The van der Waals surface area contributed by atoms with E-state index in [2.05, 4.69) is 16.9 Å². The molecule has 1 amide bonds. The van der Waals surface area contributed by atoms with E-state index in [1.807, 2.05) is 20.2 Å². The van der Waals surface area contributed by atoms with Gasteiger partial charge in [0.25, 0.3) is 0 Å². The number of nitrogens with zero attached hydrogens (tertiary/aromatic N) is 2. The van der Waals surface area contributed by atoms with Crippen LogP contribution < -0.4 is 5.73 Å². The number of aryl methyl sites for hydroxylation is 2. The highest BCUT2D eigenvalue weighted by molar-refractivity contribution is 5.76. The topological polar surface area (TPSA) is 60.9 Å². The van der Waals surface area contributed by atoms with Gasteiger partial charge in [0.2, 0.25) is 5.91 Å². The summed E-state index contributed by atoms with van der Waals surface area (Å²) in [5.41, 5.74) is 6.64. The molecule has 0 radical (unpaired) electrons. The molecule has 0 aliphatic rings. The second-order valence-electron chi connectivity index (χ2n) is 2.75. The minimum atomic E-state index is -0.408. The molecule has 13 heavy (non-hydrogen) atoms. The van der Waals surface area contributed by atoms with Crippen LogP contribution in [-0.2, 0) is 11.8 Å². The number of hydrogen-bond acceptors (Lipinski definition) is 2. The summed E-state index contributed by atoms with van der Waals surface area (Å²) in [7, 11) is 1.83.